The maximum atomic E-state index is 10.8. The Morgan fingerprint density at radius 3 is 2.60 bits per heavy atom. The molecule has 25 heavy (non-hydrogen) atoms. The zero-order valence-electron chi connectivity index (χ0n) is 13.3. The van der Waals surface area contributed by atoms with E-state index in [4.69, 9.17) is 5.26 Å². The SMILES string of the molecule is N#Cc1cc([N+](=O)[O-])ccc1NCc1ccc(Cn2cccn2)cc1. The molecule has 7 nitrogen and oxygen atoms in total. The lowest BCUT2D eigenvalue weighted by atomic mass is 10.1. The summed E-state index contributed by atoms with van der Waals surface area (Å²) < 4.78 is 1.85. The van der Waals surface area contributed by atoms with Gasteiger partial charge in [-0.15, -0.1) is 0 Å². The van der Waals surface area contributed by atoms with E-state index < -0.39 is 4.92 Å². The topological polar surface area (TPSA) is 96.8 Å². The van der Waals surface area contributed by atoms with Crippen LogP contribution in [0.15, 0.2) is 60.9 Å². The van der Waals surface area contributed by atoms with Crippen molar-refractivity contribution in [1.82, 2.24) is 9.78 Å². The predicted molar refractivity (Wildman–Crippen MR) is 92.9 cm³/mol. The molecular weight excluding hydrogens is 318 g/mol. The molecular formula is C18H15N5O2. The lowest BCUT2D eigenvalue weighted by Crippen LogP contribution is -2.03. The van der Waals surface area contributed by atoms with Gasteiger partial charge in [-0.05, 0) is 23.3 Å². The number of aromatic nitrogens is 2. The Labute approximate surface area is 144 Å². The van der Waals surface area contributed by atoms with Crippen molar-refractivity contribution < 1.29 is 4.92 Å². The monoisotopic (exact) mass is 333 g/mol. The minimum atomic E-state index is -0.511. The van der Waals surface area contributed by atoms with Crippen molar-refractivity contribution >= 4 is 11.4 Å². The number of rotatable bonds is 6. The molecule has 0 amide bonds. The van der Waals surface area contributed by atoms with Crippen molar-refractivity contribution in [2.24, 2.45) is 0 Å². The summed E-state index contributed by atoms with van der Waals surface area (Å²) in [7, 11) is 0. The fourth-order valence-electron chi connectivity index (χ4n) is 2.43. The van der Waals surface area contributed by atoms with E-state index in [0.29, 0.717) is 18.8 Å². The van der Waals surface area contributed by atoms with Crippen molar-refractivity contribution in [2.75, 3.05) is 5.32 Å². The van der Waals surface area contributed by atoms with Crippen LogP contribution in [0.4, 0.5) is 11.4 Å². The van der Waals surface area contributed by atoms with Crippen molar-refractivity contribution in [1.29, 1.82) is 5.26 Å². The van der Waals surface area contributed by atoms with E-state index in [1.807, 2.05) is 47.3 Å². The van der Waals surface area contributed by atoms with Gasteiger partial charge in [0.2, 0.25) is 0 Å². The molecule has 0 saturated carbocycles. The number of nitro benzene ring substituents is 1. The summed E-state index contributed by atoms with van der Waals surface area (Å²) >= 11 is 0. The van der Waals surface area contributed by atoms with Gasteiger partial charge in [-0.3, -0.25) is 14.8 Å². The van der Waals surface area contributed by atoms with E-state index in [2.05, 4.69) is 10.4 Å². The van der Waals surface area contributed by atoms with Crippen LogP contribution in [0.5, 0.6) is 0 Å². The van der Waals surface area contributed by atoms with Crippen molar-refractivity contribution in [3.05, 3.63) is 87.7 Å². The lowest BCUT2D eigenvalue weighted by Gasteiger charge is -2.09. The Kier molecular flexibility index (Phi) is 4.72. The molecule has 0 spiro atoms. The lowest BCUT2D eigenvalue weighted by molar-refractivity contribution is -0.384. The fourth-order valence-corrected chi connectivity index (χ4v) is 2.43. The number of non-ortho nitro benzene ring substituents is 1. The molecule has 0 atom stereocenters. The molecule has 0 aliphatic carbocycles. The standard InChI is InChI=1S/C18H15N5O2/c19-11-16-10-17(23(24)25)6-7-18(16)20-12-14-2-4-15(5-3-14)13-22-9-1-8-21-22/h1-10,20H,12-13H2. The Morgan fingerprint density at radius 2 is 1.96 bits per heavy atom. The first-order valence-electron chi connectivity index (χ1n) is 7.63. The molecule has 3 rings (SSSR count). The van der Waals surface area contributed by atoms with Gasteiger partial charge in [0.05, 0.1) is 22.7 Å². The highest BCUT2D eigenvalue weighted by Gasteiger charge is 2.10. The van der Waals surface area contributed by atoms with Crippen LogP contribution < -0.4 is 5.32 Å². The maximum absolute atomic E-state index is 10.8. The van der Waals surface area contributed by atoms with Crippen LogP contribution in [0, 0.1) is 21.4 Å². The second-order valence-electron chi connectivity index (χ2n) is 5.47. The highest BCUT2D eigenvalue weighted by Crippen LogP contribution is 2.22. The number of hydrogen-bond donors (Lipinski definition) is 1. The molecule has 0 saturated heterocycles. The van der Waals surface area contributed by atoms with E-state index in [0.717, 1.165) is 11.1 Å². The highest BCUT2D eigenvalue weighted by atomic mass is 16.6. The summed E-state index contributed by atoms with van der Waals surface area (Å²) in [4.78, 5) is 10.3. The van der Waals surface area contributed by atoms with E-state index in [9.17, 15) is 10.1 Å². The molecule has 124 valence electrons. The van der Waals surface area contributed by atoms with Crippen LogP contribution in [-0.2, 0) is 13.1 Å². The van der Waals surface area contributed by atoms with Gasteiger partial charge in [0, 0.05) is 31.1 Å². The van der Waals surface area contributed by atoms with Gasteiger partial charge < -0.3 is 5.32 Å². The molecule has 0 fully saturated rings. The Bertz CT molecular complexity index is 912. The number of nitrogens with one attached hydrogen (secondary N) is 1. The van der Waals surface area contributed by atoms with Gasteiger partial charge in [0.25, 0.3) is 5.69 Å². The zero-order chi connectivity index (χ0) is 17.6. The third-order valence-corrected chi connectivity index (χ3v) is 3.74. The summed E-state index contributed by atoms with van der Waals surface area (Å²) in [6.45, 7) is 1.23. The first-order valence-corrected chi connectivity index (χ1v) is 7.63. The van der Waals surface area contributed by atoms with Gasteiger partial charge >= 0.3 is 0 Å². The molecule has 1 N–H and O–H groups in total. The van der Waals surface area contributed by atoms with Gasteiger partial charge in [-0.25, -0.2) is 0 Å². The van der Waals surface area contributed by atoms with Crippen molar-refractivity contribution in [3.63, 3.8) is 0 Å². The third-order valence-electron chi connectivity index (χ3n) is 3.74. The normalized spacial score (nSPS) is 10.2. The van der Waals surface area contributed by atoms with Gasteiger partial charge in [0.15, 0.2) is 0 Å². The molecule has 7 heteroatoms. The van der Waals surface area contributed by atoms with E-state index in [-0.39, 0.29) is 11.3 Å². The summed E-state index contributed by atoms with van der Waals surface area (Å²) in [5, 5.41) is 27.3. The number of nitro groups is 1. The third kappa shape index (κ3) is 4.00. The fraction of sp³-hybridized carbons (Fsp3) is 0.111. The first-order chi connectivity index (χ1) is 12.2. The molecule has 0 aliphatic heterocycles. The van der Waals surface area contributed by atoms with Crippen LogP contribution in [0.25, 0.3) is 0 Å². The predicted octanol–water partition coefficient (Wildman–Crippen LogP) is 3.32. The first kappa shape index (κ1) is 16.2. The van der Waals surface area contributed by atoms with Crippen molar-refractivity contribution in [2.45, 2.75) is 13.1 Å². The number of nitriles is 1. The summed E-state index contributed by atoms with van der Waals surface area (Å²) in [5.74, 6) is 0. The largest absolute Gasteiger partial charge is 0.380 e. The molecule has 0 aliphatic rings. The Hall–Kier alpha value is -3.66. The molecule has 0 unspecified atom stereocenters. The van der Waals surface area contributed by atoms with Crippen LogP contribution >= 0.6 is 0 Å². The smallest absolute Gasteiger partial charge is 0.270 e. The van der Waals surface area contributed by atoms with Crippen molar-refractivity contribution in [3.8, 4) is 6.07 Å². The number of benzene rings is 2. The average molecular weight is 333 g/mol. The van der Waals surface area contributed by atoms with E-state index in [1.54, 1.807) is 12.3 Å². The molecule has 2 aromatic carbocycles. The summed E-state index contributed by atoms with van der Waals surface area (Å²) in [5.41, 5.74) is 2.93. The summed E-state index contributed by atoms with van der Waals surface area (Å²) in [6, 6.07) is 16.1. The summed E-state index contributed by atoms with van der Waals surface area (Å²) in [6.07, 6.45) is 3.66. The molecule has 0 radical (unpaired) electrons. The van der Waals surface area contributed by atoms with Gasteiger partial charge in [0.1, 0.15) is 6.07 Å². The van der Waals surface area contributed by atoms with Crippen LogP contribution in [0.3, 0.4) is 0 Å². The quantitative estimate of drug-likeness (QED) is 0.551. The van der Waals surface area contributed by atoms with Crippen LogP contribution in [0.1, 0.15) is 16.7 Å². The van der Waals surface area contributed by atoms with Crippen LogP contribution in [0.2, 0.25) is 0 Å². The maximum Gasteiger partial charge on any atom is 0.270 e. The van der Waals surface area contributed by atoms with Crippen LogP contribution in [-0.4, -0.2) is 14.7 Å². The zero-order valence-corrected chi connectivity index (χ0v) is 13.3. The second-order valence-corrected chi connectivity index (χ2v) is 5.47. The minimum absolute atomic E-state index is 0.0925. The average Bonchev–Trinajstić information content (AvgIpc) is 3.14. The van der Waals surface area contributed by atoms with E-state index in [1.165, 1.54) is 12.1 Å². The molecule has 3 aromatic rings. The van der Waals surface area contributed by atoms with E-state index >= 15 is 0 Å². The Morgan fingerprint density at radius 1 is 1.20 bits per heavy atom. The molecule has 1 aromatic heterocycles. The Balaban J connectivity index is 1.65. The van der Waals surface area contributed by atoms with Gasteiger partial charge in [-0.2, -0.15) is 10.4 Å². The van der Waals surface area contributed by atoms with Gasteiger partial charge in [-0.1, -0.05) is 24.3 Å². The number of nitrogens with zero attached hydrogens (tertiary/aromatic N) is 4. The molecule has 0 bridgehead atoms. The second kappa shape index (κ2) is 7.27. The minimum Gasteiger partial charge on any atom is -0.380 e. The number of anilines is 1. The molecule has 1 heterocycles. The number of hydrogen-bond acceptors (Lipinski definition) is 5. The highest BCUT2D eigenvalue weighted by molar-refractivity contribution is 5.61.